The number of rotatable bonds is 5. The summed E-state index contributed by atoms with van der Waals surface area (Å²) in [6.45, 7) is 5.77. The molecule has 1 aromatic heterocycles. The zero-order chi connectivity index (χ0) is 15.2. The molecule has 1 unspecified atom stereocenters. The van der Waals surface area contributed by atoms with E-state index in [-0.39, 0.29) is 17.5 Å². The molecule has 0 amide bonds. The number of hydrogen-bond donors (Lipinski definition) is 1. The summed E-state index contributed by atoms with van der Waals surface area (Å²) in [5.41, 5.74) is 0.473. The first-order valence-corrected chi connectivity index (χ1v) is 7.98. The van der Waals surface area contributed by atoms with Crippen molar-refractivity contribution in [1.29, 1.82) is 0 Å². The zero-order valence-corrected chi connectivity index (χ0v) is 12.8. The molecular weight excluding hydrogens is 276 g/mol. The van der Waals surface area contributed by atoms with Crippen molar-refractivity contribution >= 4 is 10.0 Å². The fraction of sp³-hybridized carbons (Fsp3) is 0.500. The Labute approximate surface area is 120 Å². The van der Waals surface area contributed by atoms with Gasteiger partial charge in [0.05, 0.1) is 0 Å². The van der Waals surface area contributed by atoms with Crippen LogP contribution < -0.4 is 0 Å². The van der Waals surface area contributed by atoms with Crippen LogP contribution in [0, 0.1) is 11.8 Å². The molecule has 1 heterocycles. The molecule has 0 aliphatic heterocycles. The van der Waals surface area contributed by atoms with Gasteiger partial charge >= 0.3 is 0 Å². The number of pyridine rings is 1. The number of nitrogens with zero attached hydrogens (tertiary/aromatic N) is 2. The Balaban J connectivity index is 3.21. The zero-order valence-electron chi connectivity index (χ0n) is 12.0. The number of aliphatic hydroxyl groups excluding tert-OH is 1. The van der Waals surface area contributed by atoms with Crippen molar-refractivity contribution in [2.45, 2.75) is 38.1 Å². The Hall–Kier alpha value is -1.42. The molecule has 20 heavy (non-hydrogen) atoms. The number of hydrogen-bond acceptors (Lipinski definition) is 4. The number of sulfonamides is 1. The molecular formula is C14H20N2O3S. The van der Waals surface area contributed by atoms with Crippen molar-refractivity contribution in [3.05, 3.63) is 24.0 Å². The Kier molecular flexibility index (Phi) is 6.14. The van der Waals surface area contributed by atoms with Gasteiger partial charge < -0.3 is 5.11 Å². The molecule has 110 valence electrons. The highest BCUT2D eigenvalue weighted by Crippen LogP contribution is 2.19. The van der Waals surface area contributed by atoms with Crippen LogP contribution in [0.2, 0.25) is 0 Å². The van der Waals surface area contributed by atoms with Gasteiger partial charge in [-0.1, -0.05) is 25.7 Å². The van der Waals surface area contributed by atoms with Crippen LogP contribution in [0.4, 0.5) is 0 Å². The van der Waals surface area contributed by atoms with Gasteiger partial charge in [-0.3, -0.25) is 4.98 Å². The van der Waals surface area contributed by atoms with Crippen LogP contribution >= 0.6 is 0 Å². The van der Waals surface area contributed by atoms with Crippen LogP contribution in [0.1, 0.15) is 32.8 Å². The number of aliphatic hydroxyl groups is 1. The van der Waals surface area contributed by atoms with Crippen LogP contribution in [-0.4, -0.2) is 42.0 Å². The van der Waals surface area contributed by atoms with Crippen LogP contribution in [0.15, 0.2) is 23.4 Å². The Bertz CT molecular complexity index is 602. The molecule has 0 aromatic carbocycles. The topological polar surface area (TPSA) is 70.5 Å². The van der Waals surface area contributed by atoms with Gasteiger partial charge in [-0.05, 0) is 19.4 Å². The lowest BCUT2D eigenvalue weighted by Gasteiger charge is -2.26. The SMILES string of the molecule is CCC(C)N(CC)S(=O)(=O)c1cncc(C#CCO)c1. The summed E-state index contributed by atoms with van der Waals surface area (Å²) in [6, 6.07) is 1.41. The average Bonchev–Trinajstić information content (AvgIpc) is 2.45. The van der Waals surface area contributed by atoms with Crippen LogP contribution in [-0.2, 0) is 10.0 Å². The van der Waals surface area contributed by atoms with Gasteiger partial charge in [0.25, 0.3) is 0 Å². The molecule has 0 fully saturated rings. The van der Waals surface area contributed by atoms with Gasteiger partial charge in [0.1, 0.15) is 11.5 Å². The highest BCUT2D eigenvalue weighted by atomic mass is 32.2. The lowest BCUT2D eigenvalue weighted by Crippen LogP contribution is -2.38. The largest absolute Gasteiger partial charge is 0.384 e. The van der Waals surface area contributed by atoms with Crippen molar-refractivity contribution in [3.63, 3.8) is 0 Å². The first kappa shape index (κ1) is 16.6. The molecule has 1 atom stereocenters. The lowest BCUT2D eigenvalue weighted by atomic mass is 10.3. The molecule has 1 N–H and O–H groups in total. The molecule has 0 saturated heterocycles. The van der Waals surface area contributed by atoms with Gasteiger partial charge in [-0.25, -0.2) is 8.42 Å². The first-order valence-electron chi connectivity index (χ1n) is 6.54. The molecule has 0 aliphatic carbocycles. The monoisotopic (exact) mass is 296 g/mol. The van der Waals surface area contributed by atoms with E-state index in [9.17, 15) is 8.42 Å². The summed E-state index contributed by atoms with van der Waals surface area (Å²) >= 11 is 0. The first-order chi connectivity index (χ1) is 9.47. The van der Waals surface area contributed by atoms with Crippen molar-refractivity contribution in [2.75, 3.05) is 13.2 Å². The second-order valence-corrected chi connectivity index (χ2v) is 6.23. The van der Waals surface area contributed by atoms with Gasteiger partial charge in [-0.15, -0.1) is 0 Å². The minimum atomic E-state index is -3.57. The third kappa shape index (κ3) is 3.79. The predicted octanol–water partition coefficient (Wildman–Crippen LogP) is 1.23. The van der Waals surface area contributed by atoms with E-state index in [0.29, 0.717) is 12.1 Å². The maximum Gasteiger partial charge on any atom is 0.244 e. The minimum Gasteiger partial charge on any atom is -0.384 e. The fourth-order valence-corrected chi connectivity index (χ4v) is 3.53. The maximum absolute atomic E-state index is 12.6. The molecule has 0 bridgehead atoms. The molecule has 1 rings (SSSR count). The summed E-state index contributed by atoms with van der Waals surface area (Å²) in [7, 11) is -3.57. The quantitative estimate of drug-likeness (QED) is 0.830. The smallest absolute Gasteiger partial charge is 0.244 e. The second-order valence-electron chi connectivity index (χ2n) is 4.33. The Morgan fingerprint density at radius 2 is 2.10 bits per heavy atom. The van der Waals surface area contributed by atoms with Gasteiger partial charge in [0.15, 0.2) is 0 Å². The molecule has 0 spiro atoms. The van der Waals surface area contributed by atoms with E-state index in [1.165, 1.54) is 22.8 Å². The van der Waals surface area contributed by atoms with E-state index < -0.39 is 10.0 Å². The summed E-state index contributed by atoms with van der Waals surface area (Å²) in [5, 5.41) is 8.67. The van der Waals surface area contributed by atoms with E-state index in [4.69, 9.17) is 5.11 Å². The highest BCUT2D eigenvalue weighted by Gasteiger charge is 2.27. The van der Waals surface area contributed by atoms with Crippen molar-refractivity contribution in [3.8, 4) is 11.8 Å². The van der Waals surface area contributed by atoms with Gasteiger partial charge in [-0.2, -0.15) is 4.31 Å². The lowest BCUT2D eigenvalue weighted by molar-refractivity contribution is 0.342. The Morgan fingerprint density at radius 3 is 2.65 bits per heavy atom. The second kappa shape index (κ2) is 7.39. The minimum absolute atomic E-state index is 0.0721. The summed E-state index contributed by atoms with van der Waals surface area (Å²) < 4.78 is 26.6. The molecule has 1 aromatic rings. The summed E-state index contributed by atoms with van der Waals surface area (Å²) in [5.74, 6) is 5.14. The van der Waals surface area contributed by atoms with E-state index in [1.807, 2.05) is 20.8 Å². The van der Waals surface area contributed by atoms with Crippen LogP contribution in [0.5, 0.6) is 0 Å². The summed E-state index contributed by atoms with van der Waals surface area (Å²) in [4.78, 5) is 4.04. The average molecular weight is 296 g/mol. The Morgan fingerprint density at radius 1 is 1.40 bits per heavy atom. The molecule has 0 aliphatic rings. The summed E-state index contributed by atoms with van der Waals surface area (Å²) in [6.07, 6.45) is 3.54. The standard InChI is InChI=1S/C14H20N2O3S/c1-4-12(3)16(5-2)20(18,19)14-9-13(7-6-8-17)10-15-11-14/h9-12,17H,4-5,8H2,1-3H3. The molecule has 0 saturated carbocycles. The van der Waals surface area contributed by atoms with Crippen molar-refractivity contribution in [2.24, 2.45) is 0 Å². The maximum atomic E-state index is 12.6. The van der Waals surface area contributed by atoms with Crippen molar-refractivity contribution < 1.29 is 13.5 Å². The van der Waals surface area contributed by atoms with Crippen molar-refractivity contribution in [1.82, 2.24) is 9.29 Å². The van der Waals surface area contributed by atoms with E-state index in [0.717, 1.165) is 6.42 Å². The third-order valence-corrected chi connectivity index (χ3v) is 5.08. The molecule has 6 heteroatoms. The third-order valence-electron chi connectivity index (χ3n) is 3.03. The number of aromatic nitrogens is 1. The molecule has 0 radical (unpaired) electrons. The van der Waals surface area contributed by atoms with E-state index in [2.05, 4.69) is 16.8 Å². The normalized spacial score (nSPS) is 12.8. The van der Waals surface area contributed by atoms with E-state index in [1.54, 1.807) is 0 Å². The van der Waals surface area contributed by atoms with Gasteiger partial charge in [0, 0.05) is 30.5 Å². The van der Waals surface area contributed by atoms with E-state index >= 15 is 0 Å². The van der Waals surface area contributed by atoms with Crippen LogP contribution in [0.3, 0.4) is 0 Å². The highest BCUT2D eigenvalue weighted by molar-refractivity contribution is 7.89. The van der Waals surface area contributed by atoms with Gasteiger partial charge in [0.2, 0.25) is 10.0 Å². The fourth-order valence-electron chi connectivity index (χ4n) is 1.83. The van der Waals surface area contributed by atoms with Crippen LogP contribution in [0.25, 0.3) is 0 Å². The molecule has 5 nitrogen and oxygen atoms in total. The predicted molar refractivity (Wildman–Crippen MR) is 77.5 cm³/mol.